The fraction of sp³-hybridized carbons (Fsp3) is 0.278. The molecule has 2 aromatic rings. The summed E-state index contributed by atoms with van der Waals surface area (Å²) in [6.07, 6.45) is -2.71. The number of nitrogens with one attached hydrogen (secondary N) is 2. The monoisotopic (exact) mass is 400 g/mol. The van der Waals surface area contributed by atoms with E-state index < -0.39 is 28.7 Å². The molecule has 9 heteroatoms. The lowest BCUT2D eigenvalue weighted by Gasteiger charge is -2.11. The van der Waals surface area contributed by atoms with Gasteiger partial charge in [-0.1, -0.05) is 31.5 Å². The first kappa shape index (κ1) is 20.8. The number of carbonyl (C=O) groups excluding carboxylic acids is 1. The Bertz CT molecular complexity index is 895. The lowest BCUT2D eigenvalue weighted by atomic mass is 10.1. The Morgan fingerprint density at radius 1 is 1.07 bits per heavy atom. The molecule has 2 aromatic carbocycles. The smallest absolute Gasteiger partial charge is 0.343 e. The van der Waals surface area contributed by atoms with Crippen LogP contribution in [0, 0.1) is 0 Å². The summed E-state index contributed by atoms with van der Waals surface area (Å²) >= 11 is 0. The molecule has 0 aromatic heterocycles. The van der Waals surface area contributed by atoms with Gasteiger partial charge in [-0.25, -0.2) is 8.42 Å². The van der Waals surface area contributed by atoms with Crippen LogP contribution in [0.4, 0.5) is 18.9 Å². The number of anilines is 1. The van der Waals surface area contributed by atoms with Crippen LogP contribution in [0.3, 0.4) is 0 Å². The molecular formula is C18H19F3N2O3S. The molecule has 1 amide bonds. The van der Waals surface area contributed by atoms with Gasteiger partial charge < -0.3 is 5.32 Å². The average molecular weight is 400 g/mol. The van der Waals surface area contributed by atoms with E-state index in [0.717, 1.165) is 24.5 Å². The van der Waals surface area contributed by atoms with Crippen LogP contribution < -0.4 is 10.0 Å². The highest BCUT2D eigenvalue weighted by Gasteiger charge is 2.28. The summed E-state index contributed by atoms with van der Waals surface area (Å²) in [7, 11) is -3.99. The van der Waals surface area contributed by atoms with Gasteiger partial charge in [-0.3, -0.25) is 9.52 Å². The molecule has 0 fully saturated rings. The van der Waals surface area contributed by atoms with Crippen molar-refractivity contribution in [1.29, 1.82) is 0 Å². The highest BCUT2D eigenvalue weighted by molar-refractivity contribution is 7.92. The standard InChI is InChI=1S/C18H19F3N2O3S/c1-2-4-13-7-9-15(10-8-13)23-27(25,26)16-6-3-5-14(11-16)17(24)22-12-18(19,20)21/h3,5-11,23H,2,4,12H2,1H3,(H,22,24). The molecule has 0 aliphatic carbocycles. The topological polar surface area (TPSA) is 75.3 Å². The van der Waals surface area contributed by atoms with E-state index in [2.05, 4.69) is 4.72 Å². The molecule has 0 aliphatic rings. The summed E-state index contributed by atoms with van der Waals surface area (Å²) in [6.45, 7) is 0.541. The van der Waals surface area contributed by atoms with E-state index in [9.17, 15) is 26.4 Å². The van der Waals surface area contributed by atoms with E-state index >= 15 is 0 Å². The zero-order valence-electron chi connectivity index (χ0n) is 14.5. The lowest BCUT2D eigenvalue weighted by molar-refractivity contribution is -0.123. The Labute approximate surface area is 155 Å². The van der Waals surface area contributed by atoms with Crippen molar-refractivity contribution in [3.63, 3.8) is 0 Å². The van der Waals surface area contributed by atoms with E-state index in [4.69, 9.17) is 0 Å². The SMILES string of the molecule is CCCc1ccc(NS(=O)(=O)c2cccc(C(=O)NCC(F)(F)F)c2)cc1. The molecule has 146 valence electrons. The largest absolute Gasteiger partial charge is 0.405 e. The highest BCUT2D eigenvalue weighted by atomic mass is 32.2. The number of sulfonamides is 1. The summed E-state index contributed by atoms with van der Waals surface area (Å²) in [5, 5.41) is 1.71. The fourth-order valence-corrected chi connectivity index (χ4v) is 3.43. The van der Waals surface area contributed by atoms with E-state index in [0.29, 0.717) is 5.69 Å². The van der Waals surface area contributed by atoms with Gasteiger partial charge in [0.25, 0.3) is 15.9 Å². The molecule has 27 heavy (non-hydrogen) atoms. The number of halogens is 3. The maximum absolute atomic E-state index is 12.5. The third kappa shape index (κ3) is 6.28. The number of rotatable bonds is 7. The Kier molecular flexibility index (Phi) is 6.48. The van der Waals surface area contributed by atoms with E-state index in [-0.39, 0.29) is 10.5 Å². The van der Waals surface area contributed by atoms with Crippen molar-refractivity contribution in [3.8, 4) is 0 Å². The van der Waals surface area contributed by atoms with Crippen LogP contribution in [0.2, 0.25) is 0 Å². The Hall–Kier alpha value is -2.55. The molecule has 5 nitrogen and oxygen atoms in total. The minimum Gasteiger partial charge on any atom is -0.343 e. The Balaban J connectivity index is 2.15. The maximum atomic E-state index is 12.5. The summed E-state index contributed by atoms with van der Waals surface area (Å²) in [5.74, 6) is -1.01. The van der Waals surface area contributed by atoms with Crippen LogP contribution in [0.1, 0.15) is 29.3 Å². The molecule has 0 aliphatic heterocycles. The van der Waals surface area contributed by atoms with Gasteiger partial charge >= 0.3 is 6.18 Å². The van der Waals surface area contributed by atoms with Crippen molar-refractivity contribution in [2.75, 3.05) is 11.3 Å². The van der Waals surface area contributed by atoms with Gasteiger partial charge in [0.15, 0.2) is 0 Å². The number of alkyl halides is 3. The number of hydrogen-bond donors (Lipinski definition) is 2. The molecule has 0 saturated heterocycles. The van der Waals surface area contributed by atoms with Crippen LogP contribution in [-0.2, 0) is 16.4 Å². The Morgan fingerprint density at radius 3 is 2.33 bits per heavy atom. The molecule has 2 rings (SSSR count). The van der Waals surface area contributed by atoms with Gasteiger partial charge in [-0.2, -0.15) is 13.2 Å². The third-order valence-electron chi connectivity index (χ3n) is 3.60. The molecule has 0 heterocycles. The van der Waals surface area contributed by atoms with Crippen LogP contribution in [0.25, 0.3) is 0 Å². The van der Waals surface area contributed by atoms with E-state index in [1.807, 2.05) is 19.1 Å². The van der Waals surface area contributed by atoms with Gasteiger partial charge in [0.05, 0.1) is 4.90 Å². The van der Waals surface area contributed by atoms with Crippen molar-refractivity contribution in [3.05, 3.63) is 59.7 Å². The second-order valence-corrected chi connectivity index (χ2v) is 7.56. The summed E-state index contributed by atoms with van der Waals surface area (Å²) in [5.41, 5.74) is 1.24. The molecular weight excluding hydrogens is 381 g/mol. The first-order chi connectivity index (χ1) is 12.6. The number of benzene rings is 2. The molecule has 0 atom stereocenters. The molecule has 0 radical (unpaired) electrons. The fourth-order valence-electron chi connectivity index (χ4n) is 2.33. The van der Waals surface area contributed by atoms with Crippen LogP contribution >= 0.6 is 0 Å². The van der Waals surface area contributed by atoms with Gasteiger partial charge in [0.2, 0.25) is 0 Å². The molecule has 0 bridgehead atoms. The average Bonchev–Trinajstić information content (AvgIpc) is 2.61. The van der Waals surface area contributed by atoms with Crippen molar-refractivity contribution in [1.82, 2.24) is 5.32 Å². The quantitative estimate of drug-likeness (QED) is 0.744. The van der Waals surface area contributed by atoms with Crippen molar-refractivity contribution in [2.45, 2.75) is 30.8 Å². The normalized spacial score (nSPS) is 11.9. The predicted octanol–water partition coefficient (Wildman–Crippen LogP) is 3.73. The Morgan fingerprint density at radius 2 is 1.74 bits per heavy atom. The third-order valence-corrected chi connectivity index (χ3v) is 4.98. The number of amides is 1. The second-order valence-electron chi connectivity index (χ2n) is 5.88. The molecule has 0 unspecified atom stereocenters. The zero-order chi connectivity index (χ0) is 20.1. The van der Waals surface area contributed by atoms with Crippen molar-refractivity contribution >= 4 is 21.6 Å². The van der Waals surface area contributed by atoms with Crippen molar-refractivity contribution < 1.29 is 26.4 Å². The van der Waals surface area contributed by atoms with Gasteiger partial charge in [0, 0.05) is 11.3 Å². The predicted molar refractivity (Wildman–Crippen MR) is 96.1 cm³/mol. The second kappa shape index (κ2) is 8.43. The number of aryl methyl sites for hydroxylation is 1. The van der Waals surface area contributed by atoms with E-state index in [1.54, 1.807) is 17.4 Å². The van der Waals surface area contributed by atoms with Crippen LogP contribution in [0.15, 0.2) is 53.4 Å². The molecule has 0 spiro atoms. The van der Waals surface area contributed by atoms with Crippen LogP contribution in [-0.4, -0.2) is 27.0 Å². The molecule has 0 saturated carbocycles. The summed E-state index contributed by atoms with van der Waals surface area (Å²) in [6, 6.07) is 11.7. The van der Waals surface area contributed by atoms with E-state index in [1.165, 1.54) is 18.2 Å². The first-order valence-corrected chi connectivity index (χ1v) is 9.66. The minimum atomic E-state index is -4.55. The van der Waals surface area contributed by atoms with Gasteiger partial charge in [-0.15, -0.1) is 0 Å². The molecule has 2 N–H and O–H groups in total. The van der Waals surface area contributed by atoms with Gasteiger partial charge in [0.1, 0.15) is 6.54 Å². The first-order valence-electron chi connectivity index (χ1n) is 8.17. The highest BCUT2D eigenvalue weighted by Crippen LogP contribution is 2.19. The summed E-state index contributed by atoms with van der Waals surface area (Å²) < 4.78 is 63.9. The lowest BCUT2D eigenvalue weighted by Crippen LogP contribution is -2.33. The van der Waals surface area contributed by atoms with Crippen LogP contribution in [0.5, 0.6) is 0 Å². The van der Waals surface area contributed by atoms with Crippen molar-refractivity contribution in [2.24, 2.45) is 0 Å². The minimum absolute atomic E-state index is 0.180. The van der Waals surface area contributed by atoms with Gasteiger partial charge in [-0.05, 0) is 42.3 Å². The maximum Gasteiger partial charge on any atom is 0.405 e. The number of carbonyl (C=O) groups is 1. The summed E-state index contributed by atoms with van der Waals surface area (Å²) in [4.78, 5) is 11.6. The number of hydrogen-bond acceptors (Lipinski definition) is 3. The zero-order valence-corrected chi connectivity index (χ0v) is 15.3.